The number of aryl methyl sites for hydroxylation is 3. The molecule has 0 aliphatic heterocycles. The van der Waals surface area contributed by atoms with Crippen molar-refractivity contribution in [3.8, 4) is 0 Å². The molecule has 0 bridgehead atoms. The van der Waals surface area contributed by atoms with Gasteiger partial charge in [0.1, 0.15) is 5.69 Å². The molecule has 0 saturated carbocycles. The third kappa shape index (κ3) is 4.06. The van der Waals surface area contributed by atoms with Crippen LogP contribution in [0.2, 0.25) is 0 Å². The zero-order valence-corrected chi connectivity index (χ0v) is 16.5. The molecule has 0 fully saturated rings. The van der Waals surface area contributed by atoms with Gasteiger partial charge in [0, 0.05) is 23.0 Å². The molecule has 4 rings (SSSR count). The number of benzene rings is 2. The predicted octanol–water partition coefficient (Wildman–Crippen LogP) is 4.95. The monoisotopic (exact) mass is 383 g/mol. The zero-order valence-electron chi connectivity index (χ0n) is 16.5. The van der Waals surface area contributed by atoms with Gasteiger partial charge in [-0.3, -0.25) is 9.78 Å². The lowest BCUT2D eigenvalue weighted by molar-refractivity contribution is 0.102. The Bertz CT molecular complexity index is 1210. The summed E-state index contributed by atoms with van der Waals surface area (Å²) in [5, 5.41) is 7.15. The van der Waals surface area contributed by atoms with Crippen molar-refractivity contribution in [1.82, 2.24) is 15.0 Å². The molecule has 2 aromatic carbocycles. The Morgan fingerprint density at radius 1 is 0.897 bits per heavy atom. The first-order valence-electron chi connectivity index (χ1n) is 9.35. The number of hydrogen-bond donors (Lipinski definition) is 2. The summed E-state index contributed by atoms with van der Waals surface area (Å²) in [4.78, 5) is 26.1. The Hall–Kier alpha value is -3.80. The molecule has 29 heavy (non-hydrogen) atoms. The summed E-state index contributed by atoms with van der Waals surface area (Å²) >= 11 is 0. The lowest BCUT2D eigenvalue weighted by Gasteiger charge is -2.11. The average molecular weight is 383 g/mol. The molecule has 144 valence electrons. The minimum atomic E-state index is -0.276. The normalized spacial score (nSPS) is 10.7. The fourth-order valence-electron chi connectivity index (χ4n) is 3.21. The van der Waals surface area contributed by atoms with Gasteiger partial charge >= 0.3 is 0 Å². The van der Waals surface area contributed by atoms with Crippen LogP contribution in [0.5, 0.6) is 0 Å². The molecule has 0 aliphatic carbocycles. The van der Waals surface area contributed by atoms with E-state index >= 15 is 0 Å². The maximum absolute atomic E-state index is 12.8. The highest BCUT2D eigenvalue weighted by Crippen LogP contribution is 2.23. The maximum atomic E-state index is 12.8. The van der Waals surface area contributed by atoms with Gasteiger partial charge in [0.05, 0.1) is 11.2 Å². The second-order valence-corrected chi connectivity index (χ2v) is 7.00. The Morgan fingerprint density at radius 3 is 2.55 bits per heavy atom. The number of para-hydroxylation sites is 1. The molecular formula is C23H21N5O. The molecule has 6 nitrogen and oxygen atoms in total. The van der Waals surface area contributed by atoms with E-state index in [1.807, 2.05) is 69.3 Å². The second kappa shape index (κ2) is 7.67. The van der Waals surface area contributed by atoms with E-state index < -0.39 is 0 Å². The molecule has 2 N–H and O–H groups in total. The van der Waals surface area contributed by atoms with Crippen LogP contribution in [0.15, 0.2) is 60.8 Å². The maximum Gasteiger partial charge on any atom is 0.274 e. The molecule has 0 saturated heterocycles. The lowest BCUT2D eigenvalue weighted by Crippen LogP contribution is -2.16. The summed E-state index contributed by atoms with van der Waals surface area (Å²) < 4.78 is 0. The van der Waals surface area contributed by atoms with E-state index in [2.05, 4.69) is 25.6 Å². The van der Waals surface area contributed by atoms with Crippen LogP contribution >= 0.6 is 0 Å². The summed E-state index contributed by atoms with van der Waals surface area (Å²) in [6.07, 6.45) is 1.74. The number of hydrogen-bond acceptors (Lipinski definition) is 5. The lowest BCUT2D eigenvalue weighted by atomic mass is 10.1. The van der Waals surface area contributed by atoms with Gasteiger partial charge in [-0.15, -0.1) is 0 Å². The Labute approximate surface area is 169 Å². The number of nitrogens with one attached hydrogen (secondary N) is 2. The number of rotatable bonds is 4. The number of fused-ring (bicyclic) bond motifs is 1. The van der Waals surface area contributed by atoms with Gasteiger partial charge < -0.3 is 10.6 Å². The fourth-order valence-corrected chi connectivity index (χ4v) is 3.21. The van der Waals surface area contributed by atoms with Gasteiger partial charge in [0.2, 0.25) is 5.95 Å². The van der Waals surface area contributed by atoms with Crippen LogP contribution < -0.4 is 10.6 Å². The first-order valence-corrected chi connectivity index (χ1v) is 9.35. The van der Waals surface area contributed by atoms with Gasteiger partial charge in [-0.2, -0.15) is 0 Å². The van der Waals surface area contributed by atoms with Crippen LogP contribution in [0, 0.1) is 20.8 Å². The van der Waals surface area contributed by atoms with E-state index in [9.17, 15) is 4.79 Å². The van der Waals surface area contributed by atoms with Gasteiger partial charge in [-0.1, -0.05) is 35.9 Å². The van der Waals surface area contributed by atoms with Crippen LogP contribution in [0.25, 0.3) is 10.9 Å². The molecule has 1 amide bonds. The quantitative estimate of drug-likeness (QED) is 0.521. The van der Waals surface area contributed by atoms with Crippen molar-refractivity contribution in [1.29, 1.82) is 0 Å². The van der Waals surface area contributed by atoms with Crippen LogP contribution in [0.4, 0.5) is 17.3 Å². The molecule has 0 aliphatic rings. The van der Waals surface area contributed by atoms with Gasteiger partial charge in [-0.25, -0.2) is 9.97 Å². The van der Waals surface area contributed by atoms with Crippen molar-refractivity contribution >= 4 is 34.1 Å². The molecule has 2 aromatic heterocycles. The molecule has 6 heteroatoms. The number of nitrogens with zero attached hydrogens (tertiary/aromatic N) is 3. The number of carbonyl (C=O) groups is 1. The fraction of sp³-hybridized carbons (Fsp3) is 0.130. The van der Waals surface area contributed by atoms with Crippen molar-refractivity contribution in [2.45, 2.75) is 20.8 Å². The smallest absolute Gasteiger partial charge is 0.274 e. The molecule has 4 aromatic rings. The minimum absolute atomic E-state index is 0.276. The van der Waals surface area contributed by atoms with Crippen LogP contribution in [-0.4, -0.2) is 20.9 Å². The highest BCUT2D eigenvalue weighted by molar-refractivity contribution is 6.03. The first-order chi connectivity index (χ1) is 14.0. The highest BCUT2D eigenvalue weighted by atomic mass is 16.1. The average Bonchev–Trinajstić information content (AvgIpc) is 2.70. The van der Waals surface area contributed by atoms with E-state index in [0.29, 0.717) is 17.3 Å². The Balaban J connectivity index is 1.62. The van der Waals surface area contributed by atoms with Gasteiger partial charge in [0.15, 0.2) is 0 Å². The third-order valence-electron chi connectivity index (χ3n) is 4.60. The summed E-state index contributed by atoms with van der Waals surface area (Å²) in [6.45, 7) is 5.82. The number of anilines is 3. The van der Waals surface area contributed by atoms with Crippen molar-refractivity contribution in [2.75, 3.05) is 10.6 Å². The third-order valence-corrected chi connectivity index (χ3v) is 4.60. The molecule has 0 atom stereocenters. The largest absolute Gasteiger partial charge is 0.322 e. The van der Waals surface area contributed by atoms with Crippen LogP contribution in [0.3, 0.4) is 0 Å². The standard InChI is InChI=1S/C23H21N5O/c1-14-9-10-18(15(2)12-14)26-22(29)20-13-16(3)25-23(28-20)27-19-8-4-6-17-7-5-11-24-21(17)19/h4-13H,1-3H3,(H,26,29)(H,25,27,28). The van der Waals surface area contributed by atoms with E-state index in [0.717, 1.165) is 33.4 Å². The molecular weight excluding hydrogens is 362 g/mol. The molecule has 2 heterocycles. The van der Waals surface area contributed by atoms with Crippen LogP contribution in [-0.2, 0) is 0 Å². The molecule has 0 radical (unpaired) electrons. The number of pyridine rings is 1. The summed E-state index contributed by atoms with van der Waals surface area (Å²) in [7, 11) is 0. The van der Waals surface area contributed by atoms with E-state index in [-0.39, 0.29) is 5.91 Å². The van der Waals surface area contributed by atoms with Crippen LogP contribution in [0.1, 0.15) is 27.3 Å². The second-order valence-electron chi connectivity index (χ2n) is 7.00. The molecule has 0 spiro atoms. The van der Waals surface area contributed by atoms with E-state index in [1.165, 1.54) is 0 Å². The van der Waals surface area contributed by atoms with Crippen molar-refractivity contribution in [3.63, 3.8) is 0 Å². The number of carbonyl (C=O) groups excluding carboxylic acids is 1. The topological polar surface area (TPSA) is 79.8 Å². The molecule has 0 unspecified atom stereocenters. The van der Waals surface area contributed by atoms with Crippen molar-refractivity contribution < 1.29 is 4.79 Å². The van der Waals surface area contributed by atoms with Gasteiger partial charge in [0.25, 0.3) is 5.91 Å². The van der Waals surface area contributed by atoms with Crippen molar-refractivity contribution in [2.24, 2.45) is 0 Å². The SMILES string of the molecule is Cc1ccc(NC(=O)c2cc(C)nc(Nc3cccc4cccnc34)n2)c(C)c1. The van der Waals surface area contributed by atoms with Gasteiger partial charge in [-0.05, 0) is 50.6 Å². The summed E-state index contributed by atoms with van der Waals surface area (Å²) in [6, 6.07) is 17.3. The van der Waals surface area contributed by atoms with E-state index in [4.69, 9.17) is 0 Å². The minimum Gasteiger partial charge on any atom is -0.322 e. The number of aromatic nitrogens is 3. The zero-order chi connectivity index (χ0) is 20.4. The summed E-state index contributed by atoms with van der Waals surface area (Å²) in [5.74, 6) is 0.0791. The summed E-state index contributed by atoms with van der Waals surface area (Å²) in [5.41, 5.74) is 5.52. The Kier molecular flexibility index (Phi) is 4.91. The number of amides is 1. The van der Waals surface area contributed by atoms with Crippen molar-refractivity contribution in [3.05, 3.63) is 83.3 Å². The van der Waals surface area contributed by atoms with E-state index in [1.54, 1.807) is 12.3 Å². The predicted molar refractivity (Wildman–Crippen MR) is 116 cm³/mol. The Morgan fingerprint density at radius 2 is 1.72 bits per heavy atom. The first kappa shape index (κ1) is 18.6. The highest BCUT2D eigenvalue weighted by Gasteiger charge is 2.13.